The molecule has 1 N–H and O–H groups in total. The third kappa shape index (κ3) is 6.01. The summed E-state index contributed by atoms with van der Waals surface area (Å²) in [6.07, 6.45) is 0. The highest BCUT2D eigenvalue weighted by molar-refractivity contribution is 7.89. The molecule has 0 bridgehead atoms. The maximum absolute atomic E-state index is 12.7. The van der Waals surface area contributed by atoms with Crippen LogP contribution in [0.3, 0.4) is 0 Å². The van der Waals surface area contributed by atoms with Gasteiger partial charge in [0, 0.05) is 64.1 Å². The van der Waals surface area contributed by atoms with Crippen molar-refractivity contribution in [1.82, 2.24) is 9.21 Å². The molecule has 1 heterocycles. The van der Waals surface area contributed by atoms with E-state index in [1.807, 2.05) is 0 Å². The summed E-state index contributed by atoms with van der Waals surface area (Å²) < 4.78 is 26.7. The Bertz CT molecular complexity index is 1060. The van der Waals surface area contributed by atoms with Crippen LogP contribution >= 0.6 is 0 Å². The van der Waals surface area contributed by atoms with E-state index in [0.717, 1.165) is 38.8 Å². The number of sulfonamides is 1. The van der Waals surface area contributed by atoms with Gasteiger partial charge in [0.25, 0.3) is 5.69 Å². The minimum absolute atomic E-state index is 0.0595. The van der Waals surface area contributed by atoms with Gasteiger partial charge in [-0.05, 0) is 36.8 Å². The van der Waals surface area contributed by atoms with Crippen LogP contribution in [0.25, 0.3) is 0 Å². The largest absolute Gasteiger partial charge is 0.378 e. The first-order chi connectivity index (χ1) is 15.8. The minimum Gasteiger partial charge on any atom is -0.378 e. The van der Waals surface area contributed by atoms with Crippen molar-refractivity contribution in [3.63, 3.8) is 0 Å². The molecule has 3 rings (SSSR count). The molecule has 0 aliphatic carbocycles. The second-order valence-electron chi connectivity index (χ2n) is 8.12. The number of nitrogens with zero attached hydrogens (tertiary/aromatic N) is 4. The van der Waals surface area contributed by atoms with Gasteiger partial charge in [0.15, 0.2) is 0 Å². The molecule has 33 heavy (non-hydrogen) atoms. The van der Waals surface area contributed by atoms with Crippen LogP contribution in [0.4, 0.5) is 17.1 Å². The Morgan fingerprint density at radius 1 is 1.06 bits per heavy atom. The summed E-state index contributed by atoms with van der Waals surface area (Å²) >= 11 is 0. The summed E-state index contributed by atoms with van der Waals surface area (Å²) in [7, 11) is -3.75. The van der Waals surface area contributed by atoms with E-state index < -0.39 is 14.9 Å². The highest BCUT2D eigenvalue weighted by atomic mass is 32.2. The van der Waals surface area contributed by atoms with Gasteiger partial charge in [-0.15, -0.1) is 0 Å². The number of nitro benzene ring substituents is 1. The van der Waals surface area contributed by atoms with Crippen LogP contribution in [0.1, 0.15) is 19.4 Å². The Kier molecular flexibility index (Phi) is 8.28. The normalized spacial score (nSPS) is 15.1. The lowest BCUT2D eigenvalue weighted by molar-refractivity contribution is -0.384. The molecule has 2 aromatic rings. The van der Waals surface area contributed by atoms with E-state index in [2.05, 4.69) is 46.3 Å². The van der Waals surface area contributed by atoms with Gasteiger partial charge < -0.3 is 10.2 Å². The van der Waals surface area contributed by atoms with Crippen molar-refractivity contribution in [3.05, 3.63) is 58.1 Å². The standard InChI is InChI=1S/C23H33N5O4S/c1-4-27(5-2)33(31,32)21-9-10-22(23(18-21)28(29)30)24-11-12-25-13-15-26(16-14-25)20-8-6-7-19(3)17-20/h6-10,17-18,24H,4-5,11-16H2,1-3H3. The van der Waals surface area contributed by atoms with Gasteiger partial charge in [0.1, 0.15) is 5.69 Å². The van der Waals surface area contributed by atoms with E-state index in [1.54, 1.807) is 13.8 Å². The number of hydrogen-bond donors (Lipinski definition) is 1. The lowest BCUT2D eigenvalue weighted by Crippen LogP contribution is -2.47. The Hall–Kier alpha value is -2.69. The lowest BCUT2D eigenvalue weighted by atomic mass is 10.2. The Labute approximate surface area is 196 Å². The molecule has 0 radical (unpaired) electrons. The van der Waals surface area contributed by atoms with Crippen LogP contribution in [0.15, 0.2) is 47.4 Å². The molecule has 10 heteroatoms. The van der Waals surface area contributed by atoms with E-state index in [4.69, 9.17) is 0 Å². The van der Waals surface area contributed by atoms with E-state index in [-0.39, 0.29) is 10.6 Å². The summed E-state index contributed by atoms with van der Waals surface area (Å²) in [5.41, 5.74) is 2.59. The average Bonchev–Trinajstić information content (AvgIpc) is 2.80. The van der Waals surface area contributed by atoms with Crippen LogP contribution in [-0.2, 0) is 10.0 Å². The molecule has 1 aliphatic rings. The SMILES string of the molecule is CCN(CC)S(=O)(=O)c1ccc(NCCN2CCN(c3cccc(C)c3)CC2)c([N+](=O)[O-])c1. The van der Waals surface area contributed by atoms with Crippen molar-refractivity contribution in [3.8, 4) is 0 Å². The third-order valence-electron chi connectivity index (χ3n) is 5.99. The van der Waals surface area contributed by atoms with Crippen LogP contribution in [0.5, 0.6) is 0 Å². The molecule has 1 aliphatic heterocycles. The van der Waals surface area contributed by atoms with Gasteiger partial charge in [-0.3, -0.25) is 15.0 Å². The Morgan fingerprint density at radius 2 is 1.76 bits per heavy atom. The van der Waals surface area contributed by atoms with E-state index >= 15 is 0 Å². The molecule has 0 atom stereocenters. The molecule has 1 fully saturated rings. The Balaban J connectivity index is 1.59. The van der Waals surface area contributed by atoms with Crippen LogP contribution in [0.2, 0.25) is 0 Å². The number of piperazine rings is 1. The van der Waals surface area contributed by atoms with E-state index in [1.165, 1.54) is 27.7 Å². The summed E-state index contributed by atoms with van der Waals surface area (Å²) in [6.45, 7) is 11.2. The van der Waals surface area contributed by atoms with Crippen molar-refractivity contribution in [2.75, 3.05) is 62.6 Å². The summed E-state index contributed by atoms with van der Waals surface area (Å²) in [4.78, 5) is 15.7. The van der Waals surface area contributed by atoms with E-state index in [0.29, 0.717) is 25.3 Å². The van der Waals surface area contributed by atoms with Gasteiger partial charge in [-0.1, -0.05) is 26.0 Å². The van der Waals surface area contributed by atoms with Crippen molar-refractivity contribution in [1.29, 1.82) is 0 Å². The van der Waals surface area contributed by atoms with Gasteiger partial charge in [0.05, 0.1) is 9.82 Å². The quantitative estimate of drug-likeness (QED) is 0.416. The third-order valence-corrected chi connectivity index (χ3v) is 8.04. The first-order valence-corrected chi connectivity index (χ1v) is 12.8. The average molecular weight is 476 g/mol. The molecule has 0 unspecified atom stereocenters. The molecular formula is C23H33N5O4S. The molecule has 2 aromatic carbocycles. The van der Waals surface area contributed by atoms with Crippen molar-refractivity contribution in [2.45, 2.75) is 25.7 Å². The number of nitro groups is 1. The second-order valence-corrected chi connectivity index (χ2v) is 10.1. The predicted molar refractivity (Wildman–Crippen MR) is 132 cm³/mol. The number of aryl methyl sites for hydroxylation is 1. The molecule has 0 spiro atoms. The molecule has 0 amide bonds. The van der Waals surface area contributed by atoms with Crippen molar-refractivity contribution < 1.29 is 13.3 Å². The fraction of sp³-hybridized carbons (Fsp3) is 0.478. The number of hydrogen-bond acceptors (Lipinski definition) is 7. The van der Waals surface area contributed by atoms with Crippen LogP contribution in [0, 0.1) is 17.0 Å². The summed E-state index contributed by atoms with van der Waals surface area (Å²) in [5.74, 6) is 0. The highest BCUT2D eigenvalue weighted by Gasteiger charge is 2.26. The first kappa shape index (κ1) is 24.9. The van der Waals surface area contributed by atoms with Crippen molar-refractivity contribution in [2.24, 2.45) is 0 Å². The second kappa shape index (κ2) is 11.0. The van der Waals surface area contributed by atoms with Gasteiger partial charge >= 0.3 is 0 Å². The lowest BCUT2D eigenvalue weighted by Gasteiger charge is -2.36. The van der Waals surface area contributed by atoms with Crippen LogP contribution < -0.4 is 10.2 Å². The van der Waals surface area contributed by atoms with Gasteiger partial charge in [0.2, 0.25) is 10.0 Å². The number of rotatable bonds is 10. The molecular weight excluding hydrogens is 442 g/mol. The predicted octanol–water partition coefficient (Wildman–Crippen LogP) is 3.17. The van der Waals surface area contributed by atoms with Crippen molar-refractivity contribution >= 4 is 27.1 Å². The monoisotopic (exact) mass is 475 g/mol. The zero-order valence-electron chi connectivity index (χ0n) is 19.5. The number of anilines is 2. The summed E-state index contributed by atoms with van der Waals surface area (Å²) in [6, 6.07) is 12.6. The highest BCUT2D eigenvalue weighted by Crippen LogP contribution is 2.29. The smallest absolute Gasteiger partial charge is 0.293 e. The van der Waals surface area contributed by atoms with Gasteiger partial charge in [-0.25, -0.2) is 8.42 Å². The zero-order valence-corrected chi connectivity index (χ0v) is 20.3. The molecule has 0 aromatic heterocycles. The topological polar surface area (TPSA) is 99.0 Å². The molecule has 1 saturated heterocycles. The molecule has 180 valence electrons. The molecule has 0 saturated carbocycles. The Morgan fingerprint density at radius 3 is 2.36 bits per heavy atom. The number of nitrogens with one attached hydrogen (secondary N) is 1. The fourth-order valence-corrected chi connectivity index (χ4v) is 5.57. The number of benzene rings is 2. The maximum atomic E-state index is 12.7. The first-order valence-electron chi connectivity index (χ1n) is 11.3. The van der Waals surface area contributed by atoms with Crippen LogP contribution in [-0.4, -0.2) is 74.9 Å². The van der Waals surface area contributed by atoms with Gasteiger partial charge in [-0.2, -0.15) is 4.31 Å². The van der Waals surface area contributed by atoms with E-state index in [9.17, 15) is 18.5 Å². The maximum Gasteiger partial charge on any atom is 0.293 e. The zero-order chi connectivity index (χ0) is 24.0. The minimum atomic E-state index is -3.75. The summed E-state index contributed by atoms with van der Waals surface area (Å²) in [5, 5.41) is 14.7. The fourth-order valence-electron chi connectivity index (χ4n) is 4.09. The molecule has 9 nitrogen and oxygen atoms in total.